The van der Waals surface area contributed by atoms with Crippen molar-refractivity contribution in [1.82, 2.24) is 4.98 Å². The number of furan rings is 1. The zero-order chi connectivity index (χ0) is 13.1. The molecular formula is C13H15FN2O2. The molecule has 2 aromatic heterocycles. The summed E-state index contributed by atoms with van der Waals surface area (Å²) in [4.78, 5) is 5.81. The number of aryl methyl sites for hydroxylation is 1. The Balaban J connectivity index is 2.20. The van der Waals surface area contributed by atoms with Gasteiger partial charge in [-0.2, -0.15) is 0 Å². The molecule has 0 aliphatic carbocycles. The van der Waals surface area contributed by atoms with Crippen molar-refractivity contribution in [2.24, 2.45) is 0 Å². The number of aliphatic hydroxyl groups excluding tert-OH is 1. The first-order chi connectivity index (χ1) is 8.60. The lowest BCUT2D eigenvalue weighted by molar-refractivity contribution is 0.281. The first-order valence-corrected chi connectivity index (χ1v) is 5.62. The fourth-order valence-electron chi connectivity index (χ4n) is 1.81. The lowest BCUT2D eigenvalue weighted by atomic mass is 10.2. The molecule has 2 heterocycles. The van der Waals surface area contributed by atoms with Gasteiger partial charge in [-0.05, 0) is 25.1 Å². The van der Waals surface area contributed by atoms with Gasteiger partial charge in [0.2, 0.25) is 0 Å². The number of aromatic nitrogens is 1. The number of hydrogen-bond donors (Lipinski definition) is 1. The molecular weight excluding hydrogens is 235 g/mol. The highest BCUT2D eigenvalue weighted by Crippen LogP contribution is 2.20. The summed E-state index contributed by atoms with van der Waals surface area (Å²) in [7, 11) is 1.82. The molecule has 0 unspecified atom stereocenters. The molecule has 96 valence electrons. The molecule has 0 aliphatic heterocycles. The van der Waals surface area contributed by atoms with Gasteiger partial charge in [-0.25, -0.2) is 9.37 Å². The van der Waals surface area contributed by atoms with Crippen molar-refractivity contribution in [1.29, 1.82) is 0 Å². The van der Waals surface area contributed by atoms with Gasteiger partial charge in [0.05, 0.1) is 19.3 Å². The minimum atomic E-state index is -0.454. The molecule has 0 radical (unpaired) electrons. The molecule has 0 atom stereocenters. The summed E-state index contributed by atoms with van der Waals surface area (Å²) >= 11 is 0. The van der Waals surface area contributed by atoms with Crippen LogP contribution in [0.25, 0.3) is 0 Å². The monoisotopic (exact) mass is 250 g/mol. The molecule has 0 saturated heterocycles. The van der Waals surface area contributed by atoms with Gasteiger partial charge in [0.15, 0.2) is 0 Å². The Kier molecular flexibility index (Phi) is 3.62. The fraction of sp³-hybridized carbons (Fsp3) is 0.308. The van der Waals surface area contributed by atoms with Crippen LogP contribution in [0, 0.1) is 12.7 Å². The molecule has 1 N–H and O–H groups in total. The highest BCUT2D eigenvalue weighted by atomic mass is 19.1. The van der Waals surface area contributed by atoms with Crippen LogP contribution in [-0.4, -0.2) is 17.1 Å². The van der Waals surface area contributed by atoms with E-state index in [4.69, 9.17) is 4.42 Å². The standard InChI is InChI=1S/C13H15FN2O2/c1-9-3-4-12(18-9)7-16(2)13-10(8-17)5-11(14)6-15-13/h3-6,17H,7-8H2,1-2H3. The molecule has 0 amide bonds. The van der Waals surface area contributed by atoms with Crippen molar-refractivity contribution in [3.63, 3.8) is 0 Å². The Morgan fingerprint density at radius 3 is 2.83 bits per heavy atom. The second-order valence-electron chi connectivity index (χ2n) is 4.16. The van der Waals surface area contributed by atoms with Crippen LogP contribution in [0.4, 0.5) is 10.2 Å². The number of hydrogen-bond acceptors (Lipinski definition) is 4. The van der Waals surface area contributed by atoms with Crippen molar-refractivity contribution in [2.45, 2.75) is 20.1 Å². The summed E-state index contributed by atoms with van der Waals surface area (Å²) in [5.41, 5.74) is 0.459. The van der Waals surface area contributed by atoms with E-state index in [0.717, 1.165) is 17.7 Å². The van der Waals surface area contributed by atoms with E-state index in [-0.39, 0.29) is 6.61 Å². The minimum Gasteiger partial charge on any atom is -0.464 e. The van der Waals surface area contributed by atoms with Gasteiger partial charge in [-0.3, -0.25) is 0 Å². The normalized spacial score (nSPS) is 10.7. The maximum absolute atomic E-state index is 13.0. The maximum atomic E-state index is 13.0. The van der Waals surface area contributed by atoms with E-state index in [9.17, 15) is 9.50 Å². The molecule has 0 saturated carbocycles. The number of aliphatic hydroxyl groups is 1. The van der Waals surface area contributed by atoms with Gasteiger partial charge in [0.1, 0.15) is 23.2 Å². The number of anilines is 1. The summed E-state index contributed by atoms with van der Waals surface area (Å²) in [5.74, 6) is 1.73. The van der Waals surface area contributed by atoms with Gasteiger partial charge >= 0.3 is 0 Å². The van der Waals surface area contributed by atoms with Crippen molar-refractivity contribution < 1.29 is 13.9 Å². The summed E-state index contributed by atoms with van der Waals surface area (Å²) < 4.78 is 18.5. The van der Waals surface area contributed by atoms with Crippen LogP contribution >= 0.6 is 0 Å². The fourth-order valence-corrected chi connectivity index (χ4v) is 1.81. The van der Waals surface area contributed by atoms with Crippen molar-refractivity contribution >= 4 is 5.82 Å². The van der Waals surface area contributed by atoms with E-state index in [1.165, 1.54) is 6.07 Å². The zero-order valence-corrected chi connectivity index (χ0v) is 10.4. The lowest BCUT2D eigenvalue weighted by Gasteiger charge is -2.19. The Bertz CT molecular complexity index is 540. The molecule has 2 rings (SSSR count). The Hall–Kier alpha value is -1.88. The predicted octanol–water partition coefficient (Wildman–Crippen LogP) is 2.25. The Morgan fingerprint density at radius 2 is 2.22 bits per heavy atom. The molecule has 4 nitrogen and oxygen atoms in total. The largest absolute Gasteiger partial charge is 0.464 e. The first-order valence-electron chi connectivity index (χ1n) is 5.62. The van der Waals surface area contributed by atoms with Crippen molar-refractivity contribution in [2.75, 3.05) is 11.9 Å². The smallest absolute Gasteiger partial charge is 0.142 e. The van der Waals surface area contributed by atoms with Gasteiger partial charge in [-0.1, -0.05) is 0 Å². The summed E-state index contributed by atoms with van der Waals surface area (Å²) in [6, 6.07) is 5.05. The Morgan fingerprint density at radius 1 is 1.44 bits per heavy atom. The predicted molar refractivity (Wildman–Crippen MR) is 65.7 cm³/mol. The first kappa shape index (κ1) is 12.6. The molecule has 0 fully saturated rings. The van der Waals surface area contributed by atoms with Crippen LogP contribution in [0.5, 0.6) is 0 Å². The quantitative estimate of drug-likeness (QED) is 0.904. The van der Waals surface area contributed by atoms with E-state index < -0.39 is 5.82 Å². The third kappa shape index (κ3) is 2.68. The highest BCUT2D eigenvalue weighted by molar-refractivity contribution is 5.46. The molecule has 18 heavy (non-hydrogen) atoms. The number of halogens is 1. The van der Waals surface area contributed by atoms with Crippen LogP contribution in [-0.2, 0) is 13.2 Å². The van der Waals surface area contributed by atoms with E-state index >= 15 is 0 Å². The van der Waals surface area contributed by atoms with E-state index in [1.807, 2.05) is 31.0 Å². The third-order valence-corrected chi connectivity index (χ3v) is 2.63. The van der Waals surface area contributed by atoms with E-state index in [0.29, 0.717) is 17.9 Å². The second kappa shape index (κ2) is 5.18. The van der Waals surface area contributed by atoms with Gasteiger partial charge in [0.25, 0.3) is 0 Å². The molecule has 0 aromatic carbocycles. The number of pyridine rings is 1. The van der Waals surface area contributed by atoms with Gasteiger partial charge in [0, 0.05) is 12.6 Å². The molecule has 0 bridgehead atoms. The lowest BCUT2D eigenvalue weighted by Crippen LogP contribution is -2.19. The highest BCUT2D eigenvalue weighted by Gasteiger charge is 2.11. The van der Waals surface area contributed by atoms with Crippen molar-refractivity contribution in [3.8, 4) is 0 Å². The van der Waals surface area contributed by atoms with Crippen LogP contribution < -0.4 is 4.90 Å². The second-order valence-corrected chi connectivity index (χ2v) is 4.16. The van der Waals surface area contributed by atoms with Crippen LogP contribution in [0.3, 0.4) is 0 Å². The average molecular weight is 250 g/mol. The summed E-state index contributed by atoms with van der Waals surface area (Å²) in [6.45, 7) is 2.14. The van der Waals surface area contributed by atoms with Crippen LogP contribution in [0.15, 0.2) is 28.8 Å². The Labute approximate surface area is 105 Å². The molecule has 2 aromatic rings. The van der Waals surface area contributed by atoms with E-state index in [1.54, 1.807) is 0 Å². The third-order valence-electron chi connectivity index (χ3n) is 2.63. The molecule has 5 heteroatoms. The maximum Gasteiger partial charge on any atom is 0.142 e. The number of nitrogens with zero attached hydrogens (tertiary/aromatic N) is 2. The SMILES string of the molecule is Cc1ccc(CN(C)c2ncc(F)cc2CO)o1. The van der Waals surface area contributed by atoms with Crippen molar-refractivity contribution in [3.05, 3.63) is 47.3 Å². The van der Waals surface area contributed by atoms with Gasteiger partial charge < -0.3 is 14.4 Å². The molecule has 0 spiro atoms. The summed E-state index contributed by atoms with van der Waals surface area (Å²) in [6.07, 6.45) is 1.14. The topological polar surface area (TPSA) is 49.5 Å². The minimum absolute atomic E-state index is 0.248. The van der Waals surface area contributed by atoms with Gasteiger partial charge in [-0.15, -0.1) is 0 Å². The average Bonchev–Trinajstić information content (AvgIpc) is 2.74. The summed E-state index contributed by atoms with van der Waals surface area (Å²) in [5, 5.41) is 9.21. The zero-order valence-electron chi connectivity index (χ0n) is 10.4. The van der Waals surface area contributed by atoms with Crippen LogP contribution in [0.1, 0.15) is 17.1 Å². The van der Waals surface area contributed by atoms with E-state index in [2.05, 4.69) is 4.98 Å². The molecule has 0 aliphatic rings. The number of rotatable bonds is 4. The van der Waals surface area contributed by atoms with Crippen LogP contribution in [0.2, 0.25) is 0 Å².